The number of carbonyl (C=O) groups is 1. The van der Waals surface area contributed by atoms with Crippen LogP contribution < -0.4 is 0 Å². The van der Waals surface area contributed by atoms with E-state index in [1.165, 1.54) is 0 Å². The van der Waals surface area contributed by atoms with E-state index in [0.717, 1.165) is 24.8 Å². The van der Waals surface area contributed by atoms with Crippen molar-refractivity contribution in [2.24, 2.45) is 0 Å². The Morgan fingerprint density at radius 2 is 1.79 bits per heavy atom. The van der Waals surface area contributed by atoms with E-state index in [9.17, 15) is 4.79 Å². The molecule has 0 aromatic heterocycles. The first-order valence-electron chi connectivity index (χ1n) is 5.31. The summed E-state index contributed by atoms with van der Waals surface area (Å²) in [6, 6.07) is 0. The first-order chi connectivity index (χ1) is 6.56. The number of hydrogen-bond donors (Lipinski definition) is 0. The van der Waals surface area contributed by atoms with Gasteiger partial charge in [0.25, 0.3) is 0 Å². The summed E-state index contributed by atoms with van der Waals surface area (Å²) in [5, 5.41) is 0. The van der Waals surface area contributed by atoms with Crippen LogP contribution in [0.1, 0.15) is 46.5 Å². The normalized spacial score (nSPS) is 11.4. The molecule has 0 N–H and O–H groups in total. The standard InChI is InChI=1S/C12H22O2/c1-6-10(4)9-11(13)12(7-2,8-3)14-5/h4,6-9H2,1-3,5H3. The van der Waals surface area contributed by atoms with Gasteiger partial charge in [0.2, 0.25) is 0 Å². The Bertz CT molecular complexity index is 194. The van der Waals surface area contributed by atoms with Crippen molar-refractivity contribution < 1.29 is 9.53 Å². The Labute approximate surface area is 87.3 Å². The molecule has 0 aromatic carbocycles. The molecule has 0 aliphatic heterocycles. The van der Waals surface area contributed by atoms with Gasteiger partial charge in [-0.25, -0.2) is 0 Å². The second-order valence-electron chi connectivity index (χ2n) is 3.61. The van der Waals surface area contributed by atoms with Crippen molar-refractivity contribution in [2.45, 2.75) is 52.1 Å². The summed E-state index contributed by atoms with van der Waals surface area (Å²) in [4.78, 5) is 11.9. The first kappa shape index (κ1) is 13.4. The van der Waals surface area contributed by atoms with Crippen LogP contribution in [0.5, 0.6) is 0 Å². The fourth-order valence-corrected chi connectivity index (χ4v) is 1.56. The third-order valence-electron chi connectivity index (χ3n) is 2.95. The van der Waals surface area contributed by atoms with Crippen molar-refractivity contribution in [3.8, 4) is 0 Å². The van der Waals surface area contributed by atoms with Gasteiger partial charge in [-0.3, -0.25) is 4.79 Å². The quantitative estimate of drug-likeness (QED) is 0.587. The van der Waals surface area contributed by atoms with Crippen molar-refractivity contribution in [3.63, 3.8) is 0 Å². The van der Waals surface area contributed by atoms with Gasteiger partial charge in [0.1, 0.15) is 5.60 Å². The molecule has 0 aliphatic rings. The van der Waals surface area contributed by atoms with E-state index in [1.54, 1.807) is 7.11 Å². The van der Waals surface area contributed by atoms with E-state index in [1.807, 2.05) is 20.8 Å². The highest BCUT2D eigenvalue weighted by Crippen LogP contribution is 2.24. The molecule has 0 aliphatic carbocycles. The van der Waals surface area contributed by atoms with Crippen LogP contribution in [-0.2, 0) is 9.53 Å². The molecule has 0 rings (SSSR count). The Morgan fingerprint density at radius 3 is 2.07 bits per heavy atom. The smallest absolute Gasteiger partial charge is 0.168 e. The third kappa shape index (κ3) is 2.95. The summed E-state index contributed by atoms with van der Waals surface area (Å²) in [5.74, 6) is 0.164. The minimum Gasteiger partial charge on any atom is -0.370 e. The number of allylic oxidation sites excluding steroid dienone is 1. The molecule has 0 unspecified atom stereocenters. The average Bonchev–Trinajstić information content (AvgIpc) is 2.21. The molecule has 0 fully saturated rings. The number of rotatable bonds is 7. The molecule has 0 atom stereocenters. The molecule has 0 saturated carbocycles. The maximum atomic E-state index is 11.9. The fraction of sp³-hybridized carbons (Fsp3) is 0.750. The molecule has 0 saturated heterocycles. The van der Waals surface area contributed by atoms with E-state index >= 15 is 0 Å². The molecule has 82 valence electrons. The number of hydrogen-bond acceptors (Lipinski definition) is 2. The zero-order valence-corrected chi connectivity index (χ0v) is 9.85. The van der Waals surface area contributed by atoms with Gasteiger partial charge in [0.05, 0.1) is 0 Å². The molecule has 0 bridgehead atoms. The molecule has 0 radical (unpaired) electrons. The zero-order valence-electron chi connectivity index (χ0n) is 9.85. The fourth-order valence-electron chi connectivity index (χ4n) is 1.56. The van der Waals surface area contributed by atoms with Crippen molar-refractivity contribution in [1.29, 1.82) is 0 Å². The van der Waals surface area contributed by atoms with Crippen molar-refractivity contribution in [2.75, 3.05) is 7.11 Å². The van der Waals surface area contributed by atoms with Gasteiger partial charge in [-0.05, 0) is 19.3 Å². The van der Waals surface area contributed by atoms with Crippen LogP contribution >= 0.6 is 0 Å². The van der Waals surface area contributed by atoms with Crippen LogP contribution in [-0.4, -0.2) is 18.5 Å². The maximum Gasteiger partial charge on any atom is 0.168 e. The first-order valence-corrected chi connectivity index (χ1v) is 5.31. The van der Waals surface area contributed by atoms with Crippen LogP contribution in [0.4, 0.5) is 0 Å². The number of ether oxygens (including phenoxy) is 1. The molecule has 14 heavy (non-hydrogen) atoms. The van der Waals surface area contributed by atoms with E-state index in [4.69, 9.17) is 4.74 Å². The van der Waals surface area contributed by atoms with Crippen LogP contribution in [0.2, 0.25) is 0 Å². The van der Waals surface area contributed by atoms with Crippen molar-refractivity contribution in [1.82, 2.24) is 0 Å². The minimum absolute atomic E-state index is 0.164. The van der Waals surface area contributed by atoms with Gasteiger partial charge in [-0.15, -0.1) is 0 Å². The summed E-state index contributed by atoms with van der Waals surface area (Å²) in [7, 11) is 1.61. The molecule has 0 spiro atoms. The van der Waals surface area contributed by atoms with E-state index < -0.39 is 5.60 Å². The van der Waals surface area contributed by atoms with E-state index in [2.05, 4.69) is 6.58 Å². The van der Waals surface area contributed by atoms with Gasteiger partial charge in [0.15, 0.2) is 5.78 Å². The van der Waals surface area contributed by atoms with Gasteiger partial charge < -0.3 is 4.74 Å². The van der Waals surface area contributed by atoms with Gasteiger partial charge in [-0.2, -0.15) is 0 Å². The summed E-state index contributed by atoms with van der Waals surface area (Å²) in [6.07, 6.45) is 2.77. The molecule has 0 heterocycles. The highest BCUT2D eigenvalue weighted by Gasteiger charge is 2.33. The van der Waals surface area contributed by atoms with Crippen LogP contribution in [0.15, 0.2) is 12.2 Å². The minimum atomic E-state index is -0.585. The predicted octanol–water partition coefficient (Wildman–Crippen LogP) is 3.12. The predicted molar refractivity (Wildman–Crippen MR) is 59.4 cm³/mol. The lowest BCUT2D eigenvalue weighted by Gasteiger charge is -2.28. The second-order valence-corrected chi connectivity index (χ2v) is 3.61. The molecular formula is C12H22O2. The summed E-state index contributed by atoms with van der Waals surface area (Å²) in [5.41, 5.74) is 0.399. The van der Waals surface area contributed by atoms with E-state index in [-0.39, 0.29) is 5.78 Å². The molecule has 0 aromatic rings. The average molecular weight is 198 g/mol. The number of methoxy groups -OCH3 is 1. The SMILES string of the molecule is C=C(CC)CC(=O)C(CC)(CC)OC. The van der Waals surface area contributed by atoms with E-state index in [0.29, 0.717) is 6.42 Å². The van der Waals surface area contributed by atoms with Gasteiger partial charge in [-0.1, -0.05) is 32.9 Å². The van der Waals surface area contributed by atoms with Crippen LogP contribution in [0.25, 0.3) is 0 Å². The summed E-state index contributed by atoms with van der Waals surface area (Å²) in [6.45, 7) is 9.84. The lowest BCUT2D eigenvalue weighted by Crippen LogP contribution is -2.39. The lowest BCUT2D eigenvalue weighted by molar-refractivity contribution is -0.141. The Hall–Kier alpha value is -0.630. The molecular weight excluding hydrogens is 176 g/mol. The van der Waals surface area contributed by atoms with Gasteiger partial charge >= 0.3 is 0 Å². The number of ketones is 1. The van der Waals surface area contributed by atoms with Crippen molar-refractivity contribution in [3.05, 3.63) is 12.2 Å². The lowest BCUT2D eigenvalue weighted by atomic mass is 9.88. The number of Topliss-reactive ketones (excluding diaryl/α,β-unsaturated/α-hetero) is 1. The largest absolute Gasteiger partial charge is 0.370 e. The molecule has 2 nitrogen and oxygen atoms in total. The van der Waals surface area contributed by atoms with Crippen LogP contribution in [0, 0.1) is 0 Å². The highest BCUT2D eigenvalue weighted by atomic mass is 16.5. The van der Waals surface area contributed by atoms with Crippen LogP contribution in [0.3, 0.4) is 0 Å². The topological polar surface area (TPSA) is 26.3 Å². The second kappa shape index (κ2) is 5.97. The number of carbonyl (C=O) groups excluding carboxylic acids is 1. The summed E-state index contributed by atoms with van der Waals surface area (Å²) < 4.78 is 5.35. The van der Waals surface area contributed by atoms with Gasteiger partial charge in [0, 0.05) is 13.5 Å². The third-order valence-corrected chi connectivity index (χ3v) is 2.95. The highest BCUT2D eigenvalue weighted by molar-refractivity contribution is 5.89. The Kier molecular flexibility index (Phi) is 5.70. The monoisotopic (exact) mass is 198 g/mol. The Morgan fingerprint density at radius 1 is 1.29 bits per heavy atom. The summed E-state index contributed by atoms with van der Waals surface area (Å²) >= 11 is 0. The Balaban J connectivity index is 4.52. The zero-order chi connectivity index (χ0) is 11.2. The van der Waals surface area contributed by atoms with Crippen molar-refractivity contribution >= 4 is 5.78 Å². The molecule has 2 heteroatoms. The molecule has 0 amide bonds. The maximum absolute atomic E-state index is 11.9.